The van der Waals surface area contributed by atoms with Gasteiger partial charge in [-0.05, 0) is 37.9 Å². The lowest BCUT2D eigenvalue weighted by atomic mass is 9.97. The Morgan fingerprint density at radius 1 is 1.44 bits per heavy atom. The Hall–Kier alpha value is -1.96. The van der Waals surface area contributed by atoms with E-state index in [1.165, 1.54) is 0 Å². The number of nitrogens with one attached hydrogen (secondary N) is 1. The van der Waals surface area contributed by atoms with E-state index in [1.54, 1.807) is 13.2 Å². The maximum absolute atomic E-state index is 12.3. The van der Waals surface area contributed by atoms with Crippen molar-refractivity contribution in [3.63, 3.8) is 0 Å². The minimum absolute atomic E-state index is 0.00717. The van der Waals surface area contributed by atoms with Crippen LogP contribution in [0.4, 0.5) is 0 Å². The maximum atomic E-state index is 12.3. The number of nitrogens with zero attached hydrogens (tertiary/aromatic N) is 3. The van der Waals surface area contributed by atoms with Crippen molar-refractivity contribution in [2.24, 2.45) is 5.92 Å². The second kappa shape index (κ2) is 9.82. The Balaban J connectivity index is 1.54. The number of methoxy groups -OCH3 is 1. The van der Waals surface area contributed by atoms with Gasteiger partial charge in [0.15, 0.2) is 0 Å². The lowest BCUT2D eigenvalue weighted by molar-refractivity contribution is -0.126. The molecule has 0 bridgehead atoms. The molecule has 1 amide bonds. The van der Waals surface area contributed by atoms with Crippen LogP contribution < -0.4 is 5.32 Å². The number of aromatic nitrogens is 2. The number of hydrogen-bond donors (Lipinski definition) is 1. The normalized spacial score (nSPS) is 17.8. The lowest BCUT2D eigenvalue weighted by Gasteiger charge is -2.30. The molecule has 0 aliphatic carbocycles. The highest BCUT2D eigenvalue weighted by molar-refractivity contribution is 6.33. The number of hydrogen-bond acceptors (Lipinski definition) is 6. The summed E-state index contributed by atoms with van der Waals surface area (Å²) in [5.74, 6) is 1.12. The molecular weight excluding hydrogens is 368 g/mol. The standard InChI is InChI=1S/C19H25ClN4O3/c1-26-11-5-9-21-19(25)14-6-4-10-24(12-14)13-17-22-18(23-27-17)15-7-2-3-8-16(15)20/h2-3,7-8,14H,4-6,9-13H2,1H3,(H,21,25). The van der Waals surface area contributed by atoms with Gasteiger partial charge in [-0.1, -0.05) is 28.9 Å². The van der Waals surface area contributed by atoms with Crippen molar-refractivity contribution in [1.29, 1.82) is 0 Å². The van der Waals surface area contributed by atoms with E-state index in [1.807, 2.05) is 18.2 Å². The number of halogens is 1. The summed E-state index contributed by atoms with van der Waals surface area (Å²) in [6.07, 6.45) is 2.70. The molecule has 1 aromatic heterocycles. The second-order valence-corrected chi connectivity index (χ2v) is 7.11. The van der Waals surface area contributed by atoms with E-state index in [2.05, 4.69) is 20.4 Å². The maximum Gasteiger partial charge on any atom is 0.241 e. The van der Waals surface area contributed by atoms with Gasteiger partial charge in [-0.15, -0.1) is 0 Å². The highest BCUT2D eigenvalue weighted by Crippen LogP contribution is 2.25. The second-order valence-electron chi connectivity index (χ2n) is 6.70. The van der Waals surface area contributed by atoms with Crippen LogP contribution in [0.1, 0.15) is 25.2 Å². The van der Waals surface area contributed by atoms with Crippen LogP contribution in [0.3, 0.4) is 0 Å². The highest BCUT2D eigenvalue weighted by atomic mass is 35.5. The zero-order valence-electron chi connectivity index (χ0n) is 15.5. The molecule has 2 heterocycles. The molecule has 27 heavy (non-hydrogen) atoms. The number of carbonyl (C=O) groups is 1. The third kappa shape index (κ3) is 5.51. The van der Waals surface area contributed by atoms with Crippen LogP contribution in [0.25, 0.3) is 11.4 Å². The Bertz CT molecular complexity index is 752. The summed E-state index contributed by atoms with van der Waals surface area (Å²) in [5.41, 5.74) is 0.751. The number of likely N-dealkylation sites (tertiary alicyclic amines) is 1. The fourth-order valence-corrected chi connectivity index (χ4v) is 3.47. The van der Waals surface area contributed by atoms with E-state index in [9.17, 15) is 4.79 Å². The van der Waals surface area contributed by atoms with Crippen LogP contribution >= 0.6 is 11.6 Å². The monoisotopic (exact) mass is 392 g/mol. The zero-order chi connectivity index (χ0) is 19.1. The third-order valence-electron chi connectivity index (χ3n) is 4.64. The molecule has 1 atom stereocenters. The van der Waals surface area contributed by atoms with E-state index in [0.717, 1.165) is 31.4 Å². The summed E-state index contributed by atoms with van der Waals surface area (Å²) in [7, 11) is 1.66. The van der Waals surface area contributed by atoms with Gasteiger partial charge in [0.05, 0.1) is 17.5 Å². The van der Waals surface area contributed by atoms with Gasteiger partial charge < -0.3 is 14.6 Å². The summed E-state index contributed by atoms with van der Waals surface area (Å²) >= 11 is 6.19. The summed E-state index contributed by atoms with van der Waals surface area (Å²) in [4.78, 5) is 19.0. The first-order valence-corrected chi connectivity index (χ1v) is 9.61. The van der Waals surface area contributed by atoms with Crippen molar-refractivity contribution < 1.29 is 14.1 Å². The summed E-state index contributed by atoms with van der Waals surface area (Å²) in [6.45, 7) is 3.44. The number of ether oxygens (including phenoxy) is 1. The van der Waals surface area contributed by atoms with Gasteiger partial charge in [0.25, 0.3) is 0 Å². The van der Waals surface area contributed by atoms with Crippen molar-refractivity contribution in [3.05, 3.63) is 35.2 Å². The molecule has 1 aliphatic heterocycles. The Labute approximate surface area is 164 Å². The first kappa shape index (κ1) is 19.8. The predicted molar refractivity (Wildman–Crippen MR) is 102 cm³/mol. The first-order chi connectivity index (χ1) is 13.2. The van der Waals surface area contributed by atoms with Crippen LogP contribution in [0.15, 0.2) is 28.8 Å². The van der Waals surface area contributed by atoms with Gasteiger partial charge >= 0.3 is 0 Å². The SMILES string of the molecule is COCCCNC(=O)C1CCCN(Cc2nc(-c3ccccc3Cl)no2)C1. The third-order valence-corrected chi connectivity index (χ3v) is 4.97. The van der Waals surface area contributed by atoms with Crippen LogP contribution in [0.5, 0.6) is 0 Å². The average Bonchev–Trinajstić information content (AvgIpc) is 3.14. The number of carbonyl (C=O) groups excluding carboxylic acids is 1. The van der Waals surface area contributed by atoms with E-state index in [4.69, 9.17) is 20.9 Å². The topological polar surface area (TPSA) is 80.5 Å². The van der Waals surface area contributed by atoms with Crippen molar-refractivity contribution in [2.45, 2.75) is 25.8 Å². The average molecular weight is 393 g/mol. The fourth-order valence-electron chi connectivity index (χ4n) is 3.25. The highest BCUT2D eigenvalue weighted by Gasteiger charge is 2.26. The van der Waals surface area contributed by atoms with Crippen molar-refractivity contribution in [2.75, 3.05) is 33.4 Å². The first-order valence-electron chi connectivity index (χ1n) is 9.24. The van der Waals surface area contributed by atoms with Gasteiger partial charge in [0.2, 0.25) is 17.6 Å². The number of piperidine rings is 1. The molecule has 1 fully saturated rings. The molecule has 1 saturated heterocycles. The van der Waals surface area contributed by atoms with Crippen LogP contribution in [-0.4, -0.2) is 54.3 Å². The minimum atomic E-state index is -0.00717. The van der Waals surface area contributed by atoms with E-state index >= 15 is 0 Å². The molecule has 2 aromatic rings. The lowest BCUT2D eigenvalue weighted by Crippen LogP contribution is -2.43. The molecule has 0 spiro atoms. The number of amides is 1. The minimum Gasteiger partial charge on any atom is -0.385 e. The van der Waals surface area contributed by atoms with Crippen LogP contribution in [-0.2, 0) is 16.1 Å². The molecule has 3 rings (SSSR count). The molecule has 0 saturated carbocycles. The number of benzene rings is 1. The number of rotatable bonds is 8. The van der Waals surface area contributed by atoms with E-state index in [0.29, 0.717) is 43.0 Å². The molecule has 1 aliphatic rings. The van der Waals surface area contributed by atoms with Crippen molar-refractivity contribution >= 4 is 17.5 Å². The molecule has 1 N–H and O–H groups in total. The fraction of sp³-hybridized carbons (Fsp3) is 0.526. The predicted octanol–water partition coefficient (Wildman–Crippen LogP) is 2.75. The van der Waals surface area contributed by atoms with Gasteiger partial charge in [0.1, 0.15) is 0 Å². The molecule has 7 nitrogen and oxygen atoms in total. The zero-order valence-corrected chi connectivity index (χ0v) is 16.2. The van der Waals surface area contributed by atoms with E-state index < -0.39 is 0 Å². The molecular formula is C19H25ClN4O3. The Morgan fingerprint density at radius 2 is 2.30 bits per heavy atom. The molecule has 8 heteroatoms. The molecule has 1 aromatic carbocycles. The van der Waals surface area contributed by atoms with Gasteiger partial charge in [-0.2, -0.15) is 4.98 Å². The quantitative estimate of drug-likeness (QED) is 0.696. The van der Waals surface area contributed by atoms with Gasteiger partial charge in [0, 0.05) is 32.4 Å². The largest absolute Gasteiger partial charge is 0.385 e. The van der Waals surface area contributed by atoms with Crippen molar-refractivity contribution in [3.8, 4) is 11.4 Å². The van der Waals surface area contributed by atoms with Crippen LogP contribution in [0, 0.1) is 5.92 Å². The van der Waals surface area contributed by atoms with Crippen LogP contribution in [0.2, 0.25) is 5.02 Å². The summed E-state index contributed by atoms with van der Waals surface area (Å²) in [5, 5.41) is 7.62. The van der Waals surface area contributed by atoms with E-state index in [-0.39, 0.29) is 11.8 Å². The molecule has 0 radical (unpaired) electrons. The summed E-state index contributed by atoms with van der Waals surface area (Å²) in [6, 6.07) is 7.41. The smallest absolute Gasteiger partial charge is 0.241 e. The molecule has 1 unspecified atom stereocenters. The summed E-state index contributed by atoms with van der Waals surface area (Å²) < 4.78 is 10.4. The van der Waals surface area contributed by atoms with Gasteiger partial charge in [-0.3, -0.25) is 9.69 Å². The Kier molecular flexibility index (Phi) is 7.20. The van der Waals surface area contributed by atoms with Crippen molar-refractivity contribution in [1.82, 2.24) is 20.4 Å². The van der Waals surface area contributed by atoms with Gasteiger partial charge in [-0.25, -0.2) is 0 Å². The Morgan fingerprint density at radius 3 is 3.11 bits per heavy atom. The molecule has 146 valence electrons.